The van der Waals surface area contributed by atoms with Crippen molar-refractivity contribution in [3.63, 3.8) is 0 Å². The molecule has 1 N–H and O–H groups in total. The topological polar surface area (TPSA) is 29.9 Å². The molecule has 1 aromatic carbocycles. The molecule has 2 rings (SSSR count). The first-order valence-electron chi connectivity index (χ1n) is 5.62. The molecule has 0 atom stereocenters. The van der Waals surface area contributed by atoms with Gasteiger partial charge in [0.25, 0.3) is 0 Å². The quantitative estimate of drug-likeness (QED) is 0.775. The molecule has 0 saturated carbocycles. The van der Waals surface area contributed by atoms with Gasteiger partial charge in [0.15, 0.2) is 0 Å². The molecular weight excluding hydrogens is 198 g/mol. The number of hydrogen-bond acceptors (Lipinski definition) is 2. The number of aryl methyl sites for hydroxylation is 1. The van der Waals surface area contributed by atoms with Crippen LogP contribution in [0.5, 0.6) is 0 Å². The molecule has 16 heavy (non-hydrogen) atoms. The van der Waals surface area contributed by atoms with Crippen LogP contribution in [0.4, 0.5) is 0 Å². The van der Waals surface area contributed by atoms with Crippen LogP contribution in [0.15, 0.2) is 42.7 Å². The Labute approximate surface area is 96.1 Å². The Balaban J connectivity index is 2.02. The van der Waals surface area contributed by atoms with Crippen LogP contribution in [0.1, 0.15) is 6.42 Å². The molecule has 0 aliphatic carbocycles. The minimum atomic E-state index is 0.966. The Hall–Kier alpha value is -1.61. The third kappa shape index (κ3) is 2.70. The fourth-order valence-electron chi connectivity index (χ4n) is 1.68. The molecule has 1 aromatic heterocycles. The van der Waals surface area contributed by atoms with E-state index in [1.165, 1.54) is 11.1 Å². The largest absolute Gasteiger partial charge is 0.320 e. The molecule has 0 amide bonds. The number of aromatic nitrogens is 2. The maximum Gasteiger partial charge on any atom is 0.0568 e. The summed E-state index contributed by atoms with van der Waals surface area (Å²) in [5.74, 6) is 0. The number of nitrogens with one attached hydrogen (secondary N) is 1. The smallest absolute Gasteiger partial charge is 0.0568 e. The molecule has 0 unspecified atom stereocenters. The number of nitrogens with zero attached hydrogens (tertiary/aromatic N) is 2. The summed E-state index contributed by atoms with van der Waals surface area (Å²) in [4.78, 5) is 0. The Morgan fingerprint density at radius 2 is 2.00 bits per heavy atom. The van der Waals surface area contributed by atoms with Crippen LogP contribution in [-0.4, -0.2) is 23.4 Å². The minimum Gasteiger partial charge on any atom is -0.320 e. The fourth-order valence-corrected chi connectivity index (χ4v) is 1.68. The third-order valence-corrected chi connectivity index (χ3v) is 2.55. The maximum atomic E-state index is 4.35. The van der Waals surface area contributed by atoms with Crippen LogP contribution < -0.4 is 5.32 Å². The molecule has 0 saturated heterocycles. The second-order valence-corrected chi connectivity index (χ2v) is 3.82. The summed E-state index contributed by atoms with van der Waals surface area (Å²) >= 11 is 0. The molecule has 0 aliphatic rings. The molecule has 3 heteroatoms. The van der Waals surface area contributed by atoms with Gasteiger partial charge in [0.05, 0.1) is 6.20 Å². The van der Waals surface area contributed by atoms with Crippen molar-refractivity contribution in [2.45, 2.75) is 13.0 Å². The summed E-state index contributed by atoms with van der Waals surface area (Å²) in [5.41, 5.74) is 2.41. The van der Waals surface area contributed by atoms with Crippen molar-refractivity contribution in [1.82, 2.24) is 15.1 Å². The van der Waals surface area contributed by atoms with Crippen LogP contribution in [0, 0.1) is 0 Å². The van der Waals surface area contributed by atoms with Crippen molar-refractivity contribution in [3.8, 4) is 11.1 Å². The molecule has 0 fully saturated rings. The summed E-state index contributed by atoms with van der Waals surface area (Å²) in [7, 11) is 1.97. The monoisotopic (exact) mass is 215 g/mol. The zero-order valence-electron chi connectivity index (χ0n) is 9.56. The van der Waals surface area contributed by atoms with E-state index in [9.17, 15) is 0 Å². The van der Waals surface area contributed by atoms with Crippen molar-refractivity contribution in [3.05, 3.63) is 42.7 Å². The van der Waals surface area contributed by atoms with Crippen LogP contribution in [0.3, 0.4) is 0 Å². The maximum absolute atomic E-state index is 4.35. The Morgan fingerprint density at radius 1 is 1.19 bits per heavy atom. The highest BCUT2D eigenvalue weighted by molar-refractivity contribution is 5.61. The van der Waals surface area contributed by atoms with Gasteiger partial charge in [0, 0.05) is 18.3 Å². The van der Waals surface area contributed by atoms with Crippen molar-refractivity contribution in [2.24, 2.45) is 0 Å². The first-order chi connectivity index (χ1) is 7.90. The minimum absolute atomic E-state index is 0.966. The van der Waals surface area contributed by atoms with Gasteiger partial charge in [0.2, 0.25) is 0 Å². The van der Waals surface area contributed by atoms with E-state index in [4.69, 9.17) is 0 Å². The van der Waals surface area contributed by atoms with E-state index < -0.39 is 0 Å². The summed E-state index contributed by atoms with van der Waals surface area (Å²) in [5, 5.41) is 7.49. The van der Waals surface area contributed by atoms with Crippen LogP contribution in [0.2, 0.25) is 0 Å². The number of benzene rings is 1. The van der Waals surface area contributed by atoms with Crippen LogP contribution in [0.25, 0.3) is 11.1 Å². The lowest BCUT2D eigenvalue weighted by atomic mass is 10.1. The summed E-state index contributed by atoms with van der Waals surface area (Å²) in [6.45, 7) is 1.99. The van der Waals surface area contributed by atoms with E-state index in [0.29, 0.717) is 0 Å². The van der Waals surface area contributed by atoms with Gasteiger partial charge in [0.1, 0.15) is 0 Å². The van der Waals surface area contributed by atoms with E-state index in [1.54, 1.807) is 0 Å². The predicted octanol–water partition coefficient (Wildman–Crippen LogP) is 2.16. The van der Waals surface area contributed by atoms with Gasteiger partial charge in [-0.1, -0.05) is 30.3 Å². The van der Waals surface area contributed by atoms with Crippen molar-refractivity contribution >= 4 is 0 Å². The Morgan fingerprint density at radius 3 is 2.75 bits per heavy atom. The molecule has 0 aliphatic heterocycles. The van der Waals surface area contributed by atoms with E-state index in [0.717, 1.165) is 19.5 Å². The molecule has 0 spiro atoms. The van der Waals surface area contributed by atoms with Gasteiger partial charge >= 0.3 is 0 Å². The molecule has 0 bridgehead atoms. The lowest BCUT2D eigenvalue weighted by molar-refractivity contribution is 0.562. The van der Waals surface area contributed by atoms with E-state index in [2.05, 4.69) is 28.7 Å². The average Bonchev–Trinajstić information content (AvgIpc) is 2.79. The standard InChI is InChI=1S/C13H17N3/c1-14-8-5-9-16-11-13(10-15-16)12-6-3-2-4-7-12/h2-4,6-7,10-11,14H,5,8-9H2,1H3. The molecule has 2 aromatic rings. The zero-order valence-corrected chi connectivity index (χ0v) is 9.56. The van der Waals surface area contributed by atoms with Gasteiger partial charge in [-0.05, 0) is 25.6 Å². The fraction of sp³-hybridized carbons (Fsp3) is 0.308. The Bertz CT molecular complexity index is 420. The summed E-state index contributed by atoms with van der Waals surface area (Å²) in [6.07, 6.45) is 5.13. The normalized spacial score (nSPS) is 10.6. The Kier molecular flexibility index (Phi) is 3.72. The van der Waals surface area contributed by atoms with Crippen molar-refractivity contribution < 1.29 is 0 Å². The highest BCUT2D eigenvalue weighted by Crippen LogP contribution is 2.17. The van der Waals surface area contributed by atoms with Gasteiger partial charge in [-0.2, -0.15) is 5.10 Å². The summed E-state index contributed by atoms with van der Waals surface area (Å²) < 4.78 is 2.00. The second-order valence-electron chi connectivity index (χ2n) is 3.82. The van der Waals surface area contributed by atoms with Gasteiger partial charge < -0.3 is 5.32 Å². The third-order valence-electron chi connectivity index (χ3n) is 2.55. The zero-order chi connectivity index (χ0) is 11.2. The molecule has 1 heterocycles. The highest BCUT2D eigenvalue weighted by Gasteiger charge is 2.00. The lowest BCUT2D eigenvalue weighted by Crippen LogP contribution is -2.11. The average molecular weight is 215 g/mol. The van der Waals surface area contributed by atoms with Crippen LogP contribution >= 0.6 is 0 Å². The number of rotatable bonds is 5. The van der Waals surface area contributed by atoms with Gasteiger partial charge in [-0.25, -0.2) is 0 Å². The van der Waals surface area contributed by atoms with E-state index in [1.807, 2.05) is 36.1 Å². The highest BCUT2D eigenvalue weighted by atomic mass is 15.3. The lowest BCUT2D eigenvalue weighted by Gasteiger charge is -2.00. The predicted molar refractivity (Wildman–Crippen MR) is 66.2 cm³/mol. The molecular formula is C13H17N3. The SMILES string of the molecule is CNCCCn1cc(-c2ccccc2)cn1. The van der Waals surface area contributed by atoms with Crippen molar-refractivity contribution in [2.75, 3.05) is 13.6 Å². The van der Waals surface area contributed by atoms with Crippen LogP contribution in [-0.2, 0) is 6.54 Å². The molecule has 3 nitrogen and oxygen atoms in total. The first-order valence-corrected chi connectivity index (χ1v) is 5.62. The molecule has 84 valence electrons. The summed E-state index contributed by atoms with van der Waals surface area (Å²) in [6, 6.07) is 10.3. The first kappa shape index (κ1) is 10.9. The van der Waals surface area contributed by atoms with Crippen molar-refractivity contribution in [1.29, 1.82) is 0 Å². The second kappa shape index (κ2) is 5.47. The van der Waals surface area contributed by atoms with E-state index in [-0.39, 0.29) is 0 Å². The number of hydrogen-bond donors (Lipinski definition) is 1. The van der Waals surface area contributed by atoms with Gasteiger partial charge in [-0.15, -0.1) is 0 Å². The molecule has 0 radical (unpaired) electrons. The van der Waals surface area contributed by atoms with Gasteiger partial charge in [-0.3, -0.25) is 4.68 Å². The van der Waals surface area contributed by atoms with E-state index >= 15 is 0 Å².